The second-order valence-electron chi connectivity index (χ2n) is 5.48. The van der Waals surface area contributed by atoms with E-state index in [2.05, 4.69) is 5.10 Å². The Hall–Kier alpha value is -2.97. The fraction of sp³-hybridized carbons (Fsp3) is 0.0588. The van der Waals surface area contributed by atoms with Crippen LogP contribution < -0.4 is 10.9 Å². The number of hydrogen-bond donors (Lipinski definition) is 2. The molecule has 4 N–H and O–H groups in total. The lowest BCUT2D eigenvalue weighted by molar-refractivity contribution is -0.117. The van der Waals surface area contributed by atoms with Gasteiger partial charge in [-0.15, -0.1) is 0 Å². The Bertz CT molecular complexity index is 1010. The molecule has 3 rings (SSSR count). The predicted octanol–water partition coefficient (Wildman–Crippen LogP) is 1.21. The molecule has 3 aromatic rings. The first-order valence-corrected chi connectivity index (χ1v) is 8.95. The fourth-order valence-electron chi connectivity index (χ4n) is 2.48. The lowest BCUT2D eigenvalue weighted by atomic mass is 10.1. The zero-order chi connectivity index (χ0) is 18.0. The molecule has 0 aliphatic carbocycles. The molecular weight excluding hydrogens is 340 g/mol. The van der Waals surface area contributed by atoms with Gasteiger partial charge < -0.3 is 5.73 Å². The summed E-state index contributed by atoms with van der Waals surface area (Å²) in [7, 11) is -3.77. The van der Waals surface area contributed by atoms with Crippen molar-refractivity contribution in [3.8, 4) is 16.9 Å². The van der Waals surface area contributed by atoms with Crippen LogP contribution in [-0.2, 0) is 21.2 Å². The summed E-state index contributed by atoms with van der Waals surface area (Å²) in [5.41, 5.74) is 8.10. The van der Waals surface area contributed by atoms with E-state index in [1.165, 1.54) is 12.1 Å². The van der Waals surface area contributed by atoms with Gasteiger partial charge in [0, 0.05) is 5.56 Å². The number of hydrogen-bond acceptors (Lipinski definition) is 4. The average Bonchev–Trinajstić information content (AvgIpc) is 2.98. The lowest BCUT2D eigenvalue weighted by Crippen LogP contribution is -2.14. The monoisotopic (exact) mass is 356 g/mol. The van der Waals surface area contributed by atoms with Crippen LogP contribution in [0.5, 0.6) is 0 Å². The van der Waals surface area contributed by atoms with Gasteiger partial charge in [0.15, 0.2) is 0 Å². The van der Waals surface area contributed by atoms with Crippen molar-refractivity contribution in [1.82, 2.24) is 9.78 Å². The van der Waals surface area contributed by atoms with Gasteiger partial charge in [0.25, 0.3) is 0 Å². The molecule has 0 bridgehead atoms. The van der Waals surface area contributed by atoms with E-state index in [1.54, 1.807) is 22.9 Å². The maximum atomic E-state index is 11.4. The van der Waals surface area contributed by atoms with Gasteiger partial charge in [-0.05, 0) is 30.3 Å². The van der Waals surface area contributed by atoms with E-state index in [-0.39, 0.29) is 11.3 Å². The summed E-state index contributed by atoms with van der Waals surface area (Å²) in [5.74, 6) is -0.478. The summed E-state index contributed by atoms with van der Waals surface area (Å²) in [6.45, 7) is 0. The number of primary sulfonamides is 1. The molecule has 0 fully saturated rings. The van der Waals surface area contributed by atoms with Gasteiger partial charge in [-0.25, -0.2) is 18.2 Å². The number of aromatic nitrogens is 2. The van der Waals surface area contributed by atoms with Gasteiger partial charge >= 0.3 is 0 Å². The molecule has 0 spiro atoms. The molecule has 0 aliphatic heterocycles. The summed E-state index contributed by atoms with van der Waals surface area (Å²) in [6, 6.07) is 17.3. The zero-order valence-electron chi connectivity index (χ0n) is 13.2. The van der Waals surface area contributed by atoms with Gasteiger partial charge in [0.2, 0.25) is 15.9 Å². The Labute approximate surface area is 144 Å². The minimum absolute atomic E-state index is 0.0158. The quantitative estimate of drug-likeness (QED) is 0.713. The number of benzene rings is 2. The van der Waals surface area contributed by atoms with Gasteiger partial charge in [-0.3, -0.25) is 4.79 Å². The van der Waals surface area contributed by atoms with E-state index in [0.29, 0.717) is 11.4 Å². The molecule has 1 amide bonds. The third-order valence-electron chi connectivity index (χ3n) is 3.59. The number of amides is 1. The molecule has 0 aliphatic rings. The van der Waals surface area contributed by atoms with Crippen LogP contribution in [0.25, 0.3) is 16.9 Å². The Balaban J connectivity index is 2.11. The molecule has 7 nitrogen and oxygen atoms in total. The van der Waals surface area contributed by atoms with E-state index in [1.807, 2.05) is 30.3 Å². The molecule has 0 saturated carbocycles. The molecule has 0 atom stereocenters. The Kier molecular flexibility index (Phi) is 4.39. The molecular formula is C17H16N4O3S. The van der Waals surface area contributed by atoms with Crippen LogP contribution in [-0.4, -0.2) is 24.1 Å². The third kappa shape index (κ3) is 3.76. The Morgan fingerprint density at radius 1 is 1.04 bits per heavy atom. The maximum Gasteiger partial charge on any atom is 0.238 e. The first-order valence-electron chi connectivity index (χ1n) is 7.40. The first kappa shape index (κ1) is 16.9. The second-order valence-corrected chi connectivity index (χ2v) is 7.04. The van der Waals surface area contributed by atoms with Crippen molar-refractivity contribution in [2.24, 2.45) is 10.9 Å². The van der Waals surface area contributed by atoms with E-state index in [4.69, 9.17) is 10.9 Å². The van der Waals surface area contributed by atoms with Crippen LogP contribution in [0, 0.1) is 0 Å². The summed E-state index contributed by atoms with van der Waals surface area (Å²) >= 11 is 0. The highest BCUT2D eigenvalue weighted by Crippen LogP contribution is 2.24. The minimum atomic E-state index is -3.77. The summed E-state index contributed by atoms with van der Waals surface area (Å²) in [5, 5.41) is 9.55. The van der Waals surface area contributed by atoms with Gasteiger partial charge in [0.1, 0.15) is 0 Å². The minimum Gasteiger partial charge on any atom is -0.369 e. The highest BCUT2D eigenvalue weighted by molar-refractivity contribution is 7.89. The van der Waals surface area contributed by atoms with Crippen molar-refractivity contribution in [2.45, 2.75) is 11.3 Å². The van der Waals surface area contributed by atoms with E-state index >= 15 is 0 Å². The third-order valence-corrected chi connectivity index (χ3v) is 4.52. The molecule has 128 valence electrons. The number of primary amides is 1. The van der Waals surface area contributed by atoms with Crippen molar-refractivity contribution < 1.29 is 13.2 Å². The SMILES string of the molecule is NC(=O)Cc1cc(-c2ccccc2)n(-c2ccc(S(N)(=O)=O)cc2)n1. The molecule has 2 aromatic carbocycles. The number of nitrogens with zero attached hydrogens (tertiary/aromatic N) is 2. The zero-order valence-corrected chi connectivity index (χ0v) is 14.0. The van der Waals surface area contributed by atoms with Gasteiger partial charge in [-0.1, -0.05) is 30.3 Å². The average molecular weight is 356 g/mol. The summed E-state index contributed by atoms with van der Waals surface area (Å²) in [6.07, 6.45) is 0.0160. The standard InChI is InChI=1S/C17H16N4O3S/c18-17(22)11-13-10-16(12-4-2-1-3-5-12)21(20-13)14-6-8-15(9-7-14)25(19,23)24/h1-10H,11H2,(H2,18,22)(H2,19,23,24). The van der Waals surface area contributed by atoms with E-state index in [9.17, 15) is 13.2 Å². The van der Waals surface area contributed by atoms with Crippen molar-refractivity contribution >= 4 is 15.9 Å². The number of carbonyl (C=O) groups excluding carboxylic acids is 1. The maximum absolute atomic E-state index is 11.4. The molecule has 0 saturated heterocycles. The molecule has 0 radical (unpaired) electrons. The second kappa shape index (κ2) is 6.50. The van der Waals surface area contributed by atoms with E-state index in [0.717, 1.165) is 11.3 Å². The van der Waals surface area contributed by atoms with Crippen LogP contribution in [0.3, 0.4) is 0 Å². The largest absolute Gasteiger partial charge is 0.369 e. The predicted molar refractivity (Wildman–Crippen MR) is 93.3 cm³/mol. The molecule has 8 heteroatoms. The van der Waals surface area contributed by atoms with Gasteiger partial charge in [-0.2, -0.15) is 5.10 Å². The topological polar surface area (TPSA) is 121 Å². The van der Waals surface area contributed by atoms with Crippen molar-refractivity contribution in [3.05, 3.63) is 66.4 Å². The highest BCUT2D eigenvalue weighted by atomic mass is 32.2. The van der Waals surface area contributed by atoms with Crippen LogP contribution in [0.1, 0.15) is 5.69 Å². The van der Waals surface area contributed by atoms with Crippen LogP contribution in [0.2, 0.25) is 0 Å². The highest BCUT2D eigenvalue weighted by Gasteiger charge is 2.14. The molecule has 1 aromatic heterocycles. The summed E-state index contributed by atoms with van der Waals surface area (Å²) < 4.78 is 24.4. The first-order chi connectivity index (χ1) is 11.8. The van der Waals surface area contributed by atoms with E-state index < -0.39 is 15.9 Å². The Morgan fingerprint density at radius 2 is 1.68 bits per heavy atom. The van der Waals surface area contributed by atoms with Crippen LogP contribution >= 0.6 is 0 Å². The molecule has 1 heterocycles. The smallest absolute Gasteiger partial charge is 0.238 e. The van der Waals surface area contributed by atoms with Crippen molar-refractivity contribution in [1.29, 1.82) is 0 Å². The normalized spacial score (nSPS) is 11.4. The van der Waals surface area contributed by atoms with Crippen molar-refractivity contribution in [3.63, 3.8) is 0 Å². The van der Waals surface area contributed by atoms with Crippen LogP contribution in [0.15, 0.2) is 65.6 Å². The fourth-order valence-corrected chi connectivity index (χ4v) is 3.00. The lowest BCUT2D eigenvalue weighted by Gasteiger charge is -2.08. The van der Waals surface area contributed by atoms with Crippen molar-refractivity contribution in [2.75, 3.05) is 0 Å². The van der Waals surface area contributed by atoms with Gasteiger partial charge in [0.05, 0.1) is 28.4 Å². The number of sulfonamides is 1. The van der Waals surface area contributed by atoms with Crippen LogP contribution in [0.4, 0.5) is 0 Å². The molecule has 0 unspecified atom stereocenters. The number of carbonyl (C=O) groups is 1. The summed E-state index contributed by atoms with van der Waals surface area (Å²) in [4.78, 5) is 11.2. The Morgan fingerprint density at radius 3 is 2.24 bits per heavy atom. The number of rotatable bonds is 5. The number of nitrogens with two attached hydrogens (primary N) is 2. The molecule has 25 heavy (non-hydrogen) atoms.